The van der Waals surface area contributed by atoms with E-state index >= 15 is 0 Å². The van der Waals surface area contributed by atoms with Crippen LogP contribution >= 0.6 is 15.9 Å². The predicted molar refractivity (Wildman–Crippen MR) is 67.9 cm³/mol. The molecule has 3 N–H and O–H groups in total. The molecule has 2 aromatic rings. The quantitative estimate of drug-likeness (QED) is 0.905. The van der Waals surface area contributed by atoms with Crippen LogP contribution in [-0.2, 0) is 6.54 Å². The molecule has 0 radical (unpaired) electrons. The molecule has 0 aromatic carbocycles. The third kappa shape index (κ3) is 2.70. The first-order chi connectivity index (χ1) is 7.75. The van der Waals surface area contributed by atoms with Gasteiger partial charge in [-0.3, -0.25) is 4.98 Å². The van der Waals surface area contributed by atoms with Crippen LogP contribution in [0.4, 0.5) is 11.5 Å². The molecular formula is C11H11BrN4. The van der Waals surface area contributed by atoms with E-state index in [0.29, 0.717) is 18.1 Å². The van der Waals surface area contributed by atoms with Crippen LogP contribution in [0.15, 0.2) is 41.1 Å². The molecule has 4 nitrogen and oxygen atoms in total. The third-order valence-corrected chi connectivity index (χ3v) is 2.48. The van der Waals surface area contributed by atoms with Crippen LogP contribution in [0.2, 0.25) is 0 Å². The Morgan fingerprint density at radius 1 is 1.31 bits per heavy atom. The summed E-state index contributed by atoms with van der Waals surface area (Å²) in [5, 5.41) is 3.14. The second kappa shape index (κ2) is 4.94. The van der Waals surface area contributed by atoms with E-state index in [-0.39, 0.29) is 0 Å². The van der Waals surface area contributed by atoms with Crippen molar-refractivity contribution in [3.8, 4) is 0 Å². The number of nitrogens with one attached hydrogen (secondary N) is 1. The fourth-order valence-corrected chi connectivity index (χ4v) is 1.63. The fourth-order valence-electron chi connectivity index (χ4n) is 1.28. The zero-order valence-corrected chi connectivity index (χ0v) is 10.1. The number of aromatic nitrogens is 2. The summed E-state index contributed by atoms with van der Waals surface area (Å²) in [7, 11) is 0. The summed E-state index contributed by atoms with van der Waals surface area (Å²) >= 11 is 3.31. The van der Waals surface area contributed by atoms with E-state index in [1.807, 2.05) is 24.3 Å². The lowest BCUT2D eigenvalue weighted by atomic mass is 10.3. The van der Waals surface area contributed by atoms with Crippen LogP contribution in [0, 0.1) is 0 Å². The maximum atomic E-state index is 5.81. The number of nitrogen functional groups attached to an aromatic ring is 1. The summed E-state index contributed by atoms with van der Waals surface area (Å²) in [6, 6.07) is 7.59. The van der Waals surface area contributed by atoms with Gasteiger partial charge < -0.3 is 11.1 Å². The highest BCUT2D eigenvalue weighted by atomic mass is 79.9. The third-order valence-electron chi connectivity index (χ3n) is 2.05. The second-order valence-electron chi connectivity index (χ2n) is 3.27. The number of hydrogen-bond donors (Lipinski definition) is 2. The molecule has 2 heterocycles. The molecule has 2 aromatic heterocycles. The van der Waals surface area contributed by atoms with Gasteiger partial charge in [-0.1, -0.05) is 6.07 Å². The van der Waals surface area contributed by atoms with Crippen LogP contribution in [0.5, 0.6) is 0 Å². The standard InChI is InChI=1S/C11H11BrN4/c12-8-5-10(13)11(15-6-8)16-7-9-3-1-2-4-14-9/h1-6H,7,13H2,(H,15,16). The van der Waals surface area contributed by atoms with E-state index in [1.165, 1.54) is 0 Å². The van der Waals surface area contributed by atoms with Gasteiger partial charge in [0.15, 0.2) is 0 Å². The summed E-state index contributed by atoms with van der Waals surface area (Å²) in [5.74, 6) is 0.675. The van der Waals surface area contributed by atoms with Crippen LogP contribution in [-0.4, -0.2) is 9.97 Å². The van der Waals surface area contributed by atoms with E-state index in [9.17, 15) is 0 Å². The summed E-state index contributed by atoms with van der Waals surface area (Å²) < 4.78 is 0.869. The molecule has 0 fully saturated rings. The van der Waals surface area contributed by atoms with Gasteiger partial charge >= 0.3 is 0 Å². The molecule has 0 aliphatic carbocycles. The van der Waals surface area contributed by atoms with Crippen molar-refractivity contribution in [2.24, 2.45) is 0 Å². The van der Waals surface area contributed by atoms with Gasteiger partial charge in [-0.15, -0.1) is 0 Å². The van der Waals surface area contributed by atoms with Crippen molar-refractivity contribution in [3.05, 3.63) is 46.8 Å². The topological polar surface area (TPSA) is 63.8 Å². The lowest BCUT2D eigenvalue weighted by Crippen LogP contribution is -2.05. The maximum Gasteiger partial charge on any atom is 0.149 e. The molecule has 2 rings (SSSR count). The van der Waals surface area contributed by atoms with Gasteiger partial charge in [0.1, 0.15) is 5.82 Å². The molecule has 0 atom stereocenters. The zero-order chi connectivity index (χ0) is 11.4. The predicted octanol–water partition coefficient (Wildman–Crippen LogP) is 2.43. The lowest BCUT2D eigenvalue weighted by Gasteiger charge is -2.07. The summed E-state index contributed by atoms with van der Waals surface area (Å²) in [6.07, 6.45) is 3.46. The highest BCUT2D eigenvalue weighted by molar-refractivity contribution is 9.10. The molecule has 0 saturated carbocycles. The van der Waals surface area contributed by atoms with E-state index in [1.54, 1.807) is 12.4 Å². The SMILES string of the molecule is Nc1cc(Br)cnc1NCc1ccccn1. The molecule has 5 heteroatoms. The van der Waals surface area contributed by atoms with Gasteiger partial charge in [0.25, 0.3) is 0 Å². The number of rotatable bonds is 3. The number of hydrogen-bond acceptors (Lipinski definition) is 4. The number of anilines is 2. The van der Waals surface area contributed by atoms with Crippen LogP contribution in [0.1, 0.15) is 5.69 Å². The average Bonchev–Trinajstić information content (AvgIpc) is 2.29. The minimum Gasteiger partial charge on any atom is -0.396 e. The molecule has 82 valence electrons. The monoisotopic (exact) mass is 278 g/mol. The van der Waals surface area contributed by atoms with Crippen LogP contribution in [0.3, 0.4) is 0 Å². The van der Waals surface area contributed by atoms with Crippen molar-refractivity contribution in [1.29, 1.82) is 0 Å². The summed E-state index contributed by atoms with van der Waals surface area (Å²) in [6.45, 7) is 0.611. The smallest absolute Gasteiger partial charge is 0.149 e. The number of nitrogens with zero attached hydrogens (tertiary/aromatic N) is 2. The molecule has 0 amide bonds. The van der Waals surface area contributed by atoms with Gasteiger partial charge in [-0.2, -0.15) is 0 Å². The lowest BCUT2D eigenvalue weighted by molar-refractivity contribution is 1.03. The number of nitrogens with two attached hydrogens (primary N) is 1. The molecule has 0 bridgehead atoms. The van der Waals surface area contributed by atoms with Gasteiger partial charge in [0.05, 0.1) is 17.9 Å². The van der Waals surface area contributed by atoms with Crippen LogP contribution < -0.4 is 11.1 Å². The first-order valence-electron chi connectivity index (χ1n) is 4.80. The number of halogens is 1. The van der Waals surface area contributed by atoms with Crippen molar-refractivity contribution >= 4 is 27.4 Å². The zero-order valence-electron chi connectivity index (χ0n) is 8.52. The highest BCUT2D eigenvalue weighted by Gasteiger charge is 2.01. The molecule has 0 spiro atoms. The molecular weight excluding hydrogens is 268 g/mol. The Morgan fingerprint density at radius 2 is 2.19 bits per heavy atom. The average molecular weight is 279 g/mol. The normalized spacial score (nSPS) is 10.1. The van der Waals surface area contributed by atoms with Crippen molar-refractivity contribution in [2.75, 3.05) is 11.1 Å². The van der Waals surface area contributed by atoms with Gasteiger partial charge in [0.2, 0.25) is 0 Å². The fraction of sp³-hybridized carbons (Fsp3) is 0.0909. The van der Waals surface area contributed by atoms with Crippen molar-refractivity contribution in [1.82, 2.24) is 9.97 Å². The van der Waals surface area contributed by atoms with Gasteiger partial charge in [-0.05, 0) is 34.1 Å². The Kier molecular flexibility index (Phi) is 3.36. The molecule has 16 heavy (non-hydrogen) atoms. The van der Waals surface area contributed by atoms with E-state index < -0.39 is 0 Å². The van der Waals surface area contributed by atoms with Gasteiger partial charge in [-0.25, -0.2) is 4.98 Å². The maximum absolute atomic E-state index is 5.81. The van der Waals surface area contributed by atoms with Crippen molar-refractivity contribution in [2.45, 2.75) is 6.54 Å². The molecule has 0 saturated heterocycles. The van der Waals surface area contributed by atoms with E-state index in [4.69, 9.17) is 5.73 Å². The number of pyridine rings is 2. The minimum absolute atomic E-state index is 0.611. The Bertz CT molecular complexity index is 473. The van der Waals surface area contributed by atoms with E-state index in [2.05, 4.69) is 31.2 Å². The van der Waals surface area contributed by atoms with Crippen LogP contribution in [0.25, 0.3) is 0 Å². The van der Waals surface area contributed by atoms with Crippen molar-refractivity contribution < 1.29 is 0 Å². The summed E-state index contributed by atoms with van der Waals surface area (Å²) in [5.41, 5.74) is 7.38. The minimum atomic E-state index is 0.611. The molecule has 0 unspecified atom stereocenters. The molecule has 0 aliphatic rings. The first kappa shape index (κ1) is 10.9. The Balaban J connectivity index is 2.05. The highest BCUT2D eigenvalue weighted by Crippen LogP contribution is 2.19. The molecule has 0 aliphatic heterocycles. The van der Waals surface area contributed by atoms with E-state index in [0.717, 1.165) is 10.2 Å². The second-order valence-corrected chi connectivity index (χ2v) is 4.18. The summed E-state index contributed by atoms with van der Waals surface area (Å²) in [4.78, 5) is 8.38. The Morgan fingerprint density at radius 3 is 2.88 bits per heavy atom. The first-order valence-corrected chi connectivity index (χ1v) is 5.60. The Hall–Kier alpha value is -1.62. The van der Waals surface area contributed by atoms with Crippen molar-refractivity contribution in [3.63, 3.8) is 0 Å². The Labute approximate surface area is 102 Å². The van der Waals surface area contributed by atoms with Gasteiger partial charge in [0, 0.05) is 16.9 Å². The largest absolute Gasteiger partial charge is 0.396 e.